The molecule has 0 aliphatic rings. The van der Waals surface area contributed by atoms with Crippen LogP contribution in [0.5, 0.6) is 0 Å². The van der Waals surface area contributed by atoms with Gasteiger partial charge in [-0.25, -0.2) is 4.98 Å². The minimum atomic E-state index is 0.754. The molecule has 2 aromatic heterocycles. The SMILES string of the molecule is Nc1ccc2c(c1)cc(/C=C\C=P)n2-c1cccc(-c2cc(-c3ccccc3)nc(-c3ccccc3)c2)c1. The molecule has 6 rings (SSSR count). The smallest absolute Gasteiger partial charge is 0.0715 e. The molecule has 2 heterocycles. The van der Waals surface area contributed by atoms with E-state index in [9.17, 15) is 0 Å². The van der Waals surface area contributed by atoms with Crippen molar-refractivity contribution in [1.82, 2.24) is 9.55 Å². The van der Waals surface area contributed by atoms with Gasteiger partial charge in [0.25, 0.3) is 0 Å². The van der Waals surface area contributed by atoms with E-state index in [0.717, 1.165) is 61.6 Å². The van der Waals surface area contributed by atoms with E-state index in [0.29, 0.717) is 0 Å². The molecule has 0 aliphatic carbocycles. The molecule has 2 N–H and O–H groups in total. The van der Waals surface area contributed by atoms with E-state index in [1.165, 1.54) is 0 Å². The number of anilines is 1. The third kappa shape index (κ3) is 4.68. The van der Waals surface area contributed by atoms with Gasteiger partial charge in [0.15, 0.2) is 0 Å². The van der Waals surface area contributed by atoms with Gasteiger partial charge in [-0.15, -0.1) is 8.86 Å². The standard InChI is InChI=1S/C34H26N3P/c35-29-16-17-34-28(19-29)21-31(15-8-18-38)37(34)30-14-7-13-26(20-30)27-22-32(24-9-3-1-4-10-24)36-33(23-27)25-11-5-2-6-12-25/h1-23,38H,35H2/b15-8-. The maximum atomic E-state index is 6.10. The molecular formula is C34H26N3P. The van der Waals surface area contributed by atoms with Crippen LogP contribution >= 0.6 is 8.86 Å². The second kappa shape index (κ2) is 10.3. The van der Waals surface area contributed by atoms with Gasteiger partial charge >= 0.3 is 0 Å². The summed E-state index contributed by atoms with van der Waals surface area (Å²) in [4.78, 5) is 5.03. The van der Waals surface area contributed by atoms with Crippen LogP contribution in [-0.4, -0.2) is 15.3 Å². The minimum Gasteiger partial charge on any atom is -0.399 e. The van der Waals surface area contributed by atoms with Crippen molar-refractivity contribution in [2.45, 2.75) is 0 Å². The lowest BCUT2D eigenvalue weighted by Crippen LogP contribution is -1.97. The number of aromatic nitrogens is 2. The molecule has 0 aliphatic heterocycles. The summed E-state index contributed by atoms with van der Waals surface area (Å²) >= 11 is 0. The molecule has 0 atom stereocenters. The maximum Gasteiger partial charge on any atom is 0.0715 e. The van der Waals surface area contributed by atoms with E-state index in [4.69, 9.17) is 10.7 Å². The number of fused-ring (bicyclic) bond motifs is 1. The monoisotopic (exact) mass is 507 g/mol. The largest absolute Gasteiger partial charge is 0.399 e. The number of allylic oxidation sites excluding steroid dienone is 1. The Morgan fingerprint density at radius 2 is 1.29 bits per heavy atom. The van der Waals surface area contributed by atoms with Crippen LogP contribution in [0.4, 0.5) is 5.69 Å². The summed E-state index contributed by atoms with van der Waals surface area (Å²) in [7, 11) is 3.44. The highest BCUT2D eigenvalue weighted by atomic mass is 31.0. The molecule has 38 heavy (non-hydrogen) atoms. The molecular weight excluding hydrogens is 481 g/mol. The molecule has 3 nitrogen and oxygen atoms in total. The Morgan fingerprint density at radius 1 is 0.632 bits per heavy atom. The van der Waals surface area contributed by atoms with Crippen LogP contribution in [0.1, 0.15) is 5.69 Å². The number of hydrogen-bond acceptors (Lipinski definition) is 2. The lowest BCUT2D eigenvalue weighted by molar-refractivity contribution is 1.11. The Balaban J connectivity index is 1.53. The Morgan fingerprint density at radius 3 is 1.95 bits per heavy atom. The average Bonchev–Trinajstić information content (AvgIpc) is 3.34. The van der Waals surface area contributed by atoms with Crippen molar-refractivity contribution in [2.24, 2.45) is 0 Å². The number of nitrogen functional groups attached to an aromatic ring is 1. The molecule has 4 aromatic carbocycles. The summed E-state index contributed by atoms with van der Waals surface area (Å²) in [6, 6.07) is 41.9. The number of pyridine rings is 1. The van der Waals surface area contributed by atoms with Gasteiger partial charge in [0.05, 0.1) is 16.9 Å². The highest BCUT2D eigenvalue weighted by Crippen LogP contribution is 2.33. The van der Waals surface area contributed by atoms with E-state index in [1.54, 1.807) is 0 Å². The third-order valence-electron chi connectivity index (χ3n) is 6.62. The summed E-state index contributed by atoms with van der Waals surface area (Å²) in [6.07, 6.45) is 4.07. The Bertz CT molecular complexity index is 1730. The fourth-order valence-corrected chi connectivity index (χ4v) is 4.94. The summed E-state index contributed by atoms with van der Waals surface area (Å²) in [6.45, 7) is 0. The van der Waals surface area contributed by atoms with Crippen molar-refractivity contribution in [2.75, 3.05) is 5.73 Å². The molecule has 0 radical (unpaired) electrons. The highest BCUT2D eigenvalue weighted by molar-refractivity contribution is 7.18. The van der Waals surface area contributed by atoms with Crippen LogP contribution in [0.3, 0.4) is 0 Å². The first kappa shape index (κ1) is 23.7. The van der Waals surface area contributed by atoms with Gasteiger partial charge in [0.1, 0.15) is 0 Å². The Labute approximate surface area is 224 Å². The number of nitrogens with zero attached hydrogens (tertiary/aromatic N) is 2. The molecule has 0 spiro atoms. The summed E-state index contributed by atoms with van der Waals surface area (Å²) < 4.78 is 2.27. The molecule has 0 saturated carbocycles. The molecule has 0 bridgehead atoms. The Hall–Kier alpha value is -4.72. The van der Waals surface area contributed by atoms with Crippen LogP contribution in [0.2, 0.25) is 0 Å². The lowest BCUT2D eigenvalue weighted by Gasteiger charge is -2.13. The van der Waals surface area contributed by atoms with Gasteiger partial charge in [0.2, 0.25) is 0 Å². The van der Waals surface area contributed by atoms with Crippen molar-refractivity contribution >= 4 is 37.3 Å². The van der Waals surface area contributed by atoms with Gasteiger partial charge in [-0.2, -0.15) is 0 Å². The summed E-state index contributed by atoms with van der Waals surface area (Å²) in [5.41, 5.74) is 16.4. The first-order valence-corrected chi connectivity index (χ1v) is 13.1. The Kier molecular flexibility index (Phi) is 6.44. The van der Waals surface area contributed by atoms with Crippen LogP contribution in [-0.2, 0) is 0 Å². The van der Waals surface area contributed by atoms with Gasteiger partial charge < -0.3 is 10.3 Å². The minimum absolute atomic E-state index is 0.754. The third-order valence-corrected chi connectivity index (χ3v) is 6.81. The summed E-state index contributed by atoms with van der Waals surface area (Å²) in [5.74, 6) is 1.85. The van der Waals surface area contributed by atoms with Crippen LogP contribution < -0.4 is 5.73 Å². The van der Waals surface area contributed by atoms with Gasteiger partial charge in [-0.3, -0.25) is 0 Å². The van der Waals surface area contributed by atoms with Crippen molar-refractivity contribution in [1.29, 1.82) is 0 Å². The van der Waals surface area contributed by atoms with Crippen LogP contribution in [0.15, 0.2) is 127 Å². The van der Waals surface area contributed by atoms with Crippen LogP contribution in [0.25, 0.3) is 56.3 Å². The van der Waals surface area contributed by atoms with Crippen molar-refractivity contribution in [3.63, 3.8) is 0 Å². The number of benzene rings is 4. The average molecular weight is 508 g/mol. The maximum absolute atomic E-state index is 6.10. The second-order valence-corrected chi connectivity index (χ2v) is 9.49. The molecule has 182 valence electrons. The molecule has 4 heteroatoms. The van der Waals surface area contributed by atoms with E-state index in [1.807, 2.05) is 36.1 Å². The first-order valence-electron chi connectivity index (χ1n) is 12.5. The normalized spacial score (nSPS) is 11.3. The topological polar surface area (TPSA) is 43.8 Å². The first-order chi connectivity index (χ1) is 18.7. The highest BCUT2D eigenvalue weighted by Gasteiger charge is 2.13. The second-order valence-electron chi connectivity index (χ2n) is 9.16. The van der Waals surface area contributed by atoms with Crippen LogP contribution in [0, 0.1) is 0 Å². The predicted molar refractivity (Wildman–Crippen MR) is 165 cm³/mol. The number of nitrogens with two attached hydrogens (primary N) is 1. The fourth-order valence-electron chi connectivity index (χ4n) is 4.85. The molecule has 6 aromatic rings. The number of rotatable bonds is 6. The fraction of sp³-hybridized carbons (Fsp3) is 0. The van der Waals surface area contributed by atoms with Crippen molar-refractivity contribution < 1.29 is 0 Å². The zero-order chi connectivity index (χ0) is 25.9. The molecule has 0 fully saturated rings. The van der Waals surface area contributed by atoms with Gasteiger partial charge in [-0.05, 0) is 71.5 Å². The molecule has 0 saturated heterocycles. The zero-order valence-corrected chi connectivity index (χ0v) is 21.8. The summed E-state index contributed by atoms with van der Waals surface area (Å²) in [5, 5.41) is 1.10. The predicted octanol–water partition coefficient (Wildman–Crippen LogP) is 8.57. The van der Waals surface area contributed by atoms with Gasteiger partial charge in [-0.1, -0.05) is 78.9 Å². The lowest BCUT2D eigenvalue weighted by atomic mass is 9.99. The van der Waals surface area contributed by atoms with E-state index in [2.05, 4.69) is 117 Å². The quantitative estimate of drug-likeness (QED) is 0.181. The van der Waals surface area contributed by atoms with Gasteiger partial charge in [0, 0.05) is 33.6 Å². The number of hydrogen-bond donors (Lipinski definition) is 1. The van der Waals surface area contributed by atoms with E-state index in [-0.39, 0.29) is 0 Å². The molecule has 0 amide bonds. The van der Waals surface area contributed by atoms with Crippen molar-refractivity contribution in [3.05, 3.63) is 133 Å². The zero-order valence-electron chi connectivity index (χ0n) is 20.8. The van der Waals surface area contributed by atoms with E-state index < -0.39 is 0 Å². The van der Waals surface area contributed by atoms with E-state index >= 15 is 0 Å². The molecule has 0 unspecified atom stereocenters. The van der Waals surface area contributed by atoms with Crippen molar-refractivity contribution in [3.8, 4) is 39.3 Å².